The third-order valence-electron chi connectivity index (χ3n) is 3.45. The molecule has 0 saturated heterocycles. The van der Waals surface area contributed by atoms with E-state index in [9.17, 15) is 4.79 Å². The lowest BCUT2D eigenvalue weighted by atomic mass is 10.1. The number of fused-ring (bicyclic) bond motifs is 1. The minimum absolute atomic E-state index is 0.0338. The van der Waals surface area contributed by atoms with Crippen molar-refractivity contribution in [2.75, 3.05) is 24.3 Å². The van der Waals surface area contributed by atoms with Gasteiger partial charge in [-0.15, -0.1) is 0 Å². The summed E-state index contributed by atoms with van der Waals surface area (Å²) in [6.45, 7) is 1.09. The molecule has 3 N–H and O–H groups in total. The van der Waals surface area contributed by atoms with Crippen LogP contribution < -0.4 is 20.5 Å². The smallest absolute Gasteiger partial charge is 0.224 e. The highest BCUT2D eigenvalue weighted by atomic mass is 16.6. The van der Waals surface area contributed by atoms with Crippen LogP contribution in [-0.4, -0.2) is 19.1 Å². The molecule has 0 spiro atoms. The van der Waals surface area contributed by atoms with E-state index in [1.807, 2.05) is 36.4 Å². The van der Waals surface area contributed by atoms with E-state index in [-0.39, 0.29) is 5.91 Å². The van der Waals surface area contributed by atoms with E-state index in [2.05, 4.69) is 5.32 Å². The molecule has 2 aromatic rings. The summed E-state index contributed by atoms with van der Waals surface area (Å²) in [6.07, 6.45) is 1.09. The largest absolute Gasteiger partial charge is 0.486 e. The molecule has 114 valence electrons. The number of aryl methyl sites for hydroxylation is 1. The summed E-state index contributed by atoms with van der Waals surface area (Å²) < 4.78 is 10.9. The summed E-state index contributed by atoms with van der Waals surface area (Å²) in [5.41, 5.74) is 8.17. The molecular formula is C17H18N2O3. The van der Waals surface area contributed by atoms with Gasteiger partial charge in [0.15, 0.2) is 11.5 Å². The van der Waals surface area contributed by atoms with Gasteiger partial charge < -0.3 is 20.5 Å². The molecule has 5 nitrogen and oxygen atoms in total. The highest BCUT2D eigenvalue weighted by molar-refractivity contribution is 5.91. The first-order chi connectivity index (χ1) is 10.7. The molecule has 2 aromatic carbocycles. The van der Waals surface area contributed by atoms with Gasteiger partial charge in [0.2, 0.25) is 5.91 Å². The van der Waals surface area contributed by atoms with E-state index < -0.39 is 0 Å². The van der Waals surface area contributed by atoms with Crippen molar-refractivity contribution >= 4 is 17.3 Å². The summed E-state index contributed by atoms with van der Waals surface area (Å²) in [5.74, 6) is 1.35. The molecule has 0 radical (unpaired) electrons. The minimum atomic E-state index is -0.0338. The standard InChI is InChI=1S/C17H18N2O3/c18-13-4-1-12(2-5-13)3-8-17(20)19-14-6-7-15-16(11-14)22-10-9-21-15/h1-2,4-7,11H,3,8-10,18H2,(H,19,20). The number of anilines is 2. The summed E-state index contributed by atoms with van der Waals surface area (Å²) >= 11 is 0. The van der Waals surface area contributed by atoms with Crippen LogP contribution in [0.15, 0.2) is 42.5 Å². The number of nitrogens with two attached hydrogens (primary N) is 1. The Balaban J connectivity index is 1.56. The summed E-state index contributed by atoms with van der Waals surface area (Å²) in [5, 5.41) is 2.87. The second-order valence-corrected chi connectivity index (χ2v) is 5.15. The normalized spacial score (nSPS) is 12.7. The van der Waals surface area contributed by atoms with Crippen LogP contribution in [-0.2, 0) is 11.2 Å². The van der Waals surface area contributed by atoms with Crippen molar-refractivity contribution in [3.8, 4) is 11.5 Å². The third-order valence-corrected chi connectivity index (χ3v) is 3.45. The maximum Gasteiger partial charge on any atom is 0.224 e. The second kappa shape index (κ2) is 6.39. The first kappa shape index (κ1) is 14.3. The molecule has 1 amide bonds. The van der Waals surface area contributed by atoms with Crippen molar-refractivity contribution in [1.82, 2.24) is 0 Å². The monoisotopic (exact) mass is 298 g/mol. The van der Waals surface area contributed by atoms with Gasteiger partial charge in [0.1, 0.15) is 13.2 Å². The quantitative estimate of drug-likeness (QED) is 0.851. The molecular weight excluding hydrogens is 280 g/mol. The van der Waals surface area contributed by atoms with E-state index >= 15 is 0 Å². The second-order valence-electron chi connectivity index (χ2n) is 5.15. The number of benzene rings is 2. The highest BCUT2D eigenvalue weighted by Gasteiger charge is 2.12. The Morgan fingerprint density at radius 2 is 1.77 bits per heavy atom. The molecule has 0 aromatic heterocycles. The molecule has 0 saturated carbocycles. The molecule has 5 heteroatoms. The van der Waals surface area contributed by atoms with Crippen molar-refractivity contribution < 1.29 is 14.3 Å². The lowest BCUT2D eigenvalue weighted by Gasteiger charge is -2.19. The Hall–Kier alpha value is -2.69. The van der Waals surface area contributed by atoms with Crippen LogP contribution in [0.25, 0.3) is 0 Å². The van der Waals surface area contributed by atoms with Gasteiger partial charge in [0.05, 0.1) is 0 Å². The zero-order valence-corrected chi connectivity index (χ0v) is 12.2. The van der Waals surface area contributed by atoms with Gasteiger partial charge >= 0.3 is 0 Å². The average Bonchev–Trinajstić information content (AvgIpc) is 2.54. The van der Waals surface area contributed by atoms with E-state index in [4.69, 9.17) is 15.2 Å². The SMILES string of the molecule is Nc1ccc(CCC(=O)Nc2ccc3c(c2)OCCO3)cc1. The third kappa shape index (κ3) is 3.49. The molecule has 0 bridgehead atoms. The molecule has 0 unspecified atom stereocenters. The lowest BCUT2D eigenvalue weighted by Crippen LogP contribution is -2.16. The highest BCUT2D eigenvalue weighted by Crippen LogP contribution is 2.32. The molecule has 0 aliphatic carbocycles. The molecule has 0 fully saturated rings. The number of hydrogen-bond acceptors (Lipinski definition) is 4. The van der Waals surface area contributed by atoms with Crippen molar-refractivity contribution in [3.05, 3.63) is 48.0 Å². The summed E-state index contributed by atoms with van der Waals surface area (Å²) in [4.78, 5) is 12.0. The number of ether oxygens (including phenoxy) is 2. The number of nitrogen functional groups attached to an aromatic ring is 1. The zero-order valence-electron chi connectivity index (χ0n) is 12.2. The lowest BCUT2D eigenvalue weighted by molar-refractivity contribution is -0.116. The fourth-order valence-electron chi connectivity index (χ4n) is 2.29. The Bertz CT molecular complexity index is 668. The average molecular weight is 298 g/mol. The maximum absolute atomic E-state index is 12.0. The van der Waals surface area contributed by atoms with E-state index in [0.717, 1.165) is 11.3 Å². The van der Waals surface area contributed by atoms with Gasteiger partial charge in [-0.2, -0.15) is 0 Å². The van der Waals surface area contributed by atoms with Gasteiger partial charge in [-0.05, 0) is 36.2 Å². The van der Waals surface area contributed by atoms with E-state index in [0.29, 0.717) is 43.2 Å². The van der Waals surface area contributed by atoms with Crippen molar-refractivity contribution in [1.29, 1.82) is 0 Å². The Kier molecular flexibility index (Phi) is 4.14. The van der Waals surface area contributed by atoms with Gasteiger partial charge in [-0.3, -0.25) is 4.79 Å². The van der Waals surface area contributed by atoms with Crippen LogP contribution in [0.2, 0.25) is 0 Å². The summed E-state index contributed by atoms with van der Waals surface area (Å²) in [6, 6.07) is 13.0. The number of carbonyl (C=O) groups excluding carboxylic acids is 1. The maximum atomic E-state index is 12.0. The van der Waals surface area contributed by atoms with Gasteiger partial charge in [0.25, 0.3) is 0 Å². The number of carbonyl (C=O) groups is 1. The van der Waals surface area contributed by atoms with Crippen LogP contribution in [0.5, 0.6) is 11.5 Å². The number of nitrogens with one attached hydrogen (secondary N) is 1. The predicted molar refractivity (Wildman–Crippen MR) is 85.2 cm³/mol. The number of amides is 1. The first-order valence-corrected chi connectivity index (χ1v) is 7.24. The van der Waals surface area contributed by atoms with E-state index in [1.54, 1.807) is 6.07 Å². The van der Waals surface area contributed by atoms with Crippen LogP contribution in [0.4, 0.5) is 11.4 Å². The molecule has 1 aliphatic heterocycles. The van der Waals surface area contributed by atoms with Gasteiger partial charge in [-0.1, -0.05) is 12.1 Å². The molecule has 22 heavy (non-hydrogen) atoms. The Morgan fingerprint density at radius 3 is 2.55 bits per heavy atom. The Morgan fingerprint density at radius 1 is 1.05 bits per heavy atom. The van der Waals surface area contributed by atoms with Gasteiger partial charge in [0, 0.05) is 23.9 Å². The number of hydrogen-bond donors (Lipinski definition) is 2. The summed E-state index contributed by atoms with van der Waals surface area (Å²) in [7, 11) is 0. The molecule has 1 aliphatic rings. The number of rotatable bonds is 4. The van der Waals surface area contributed by atoms with Crippen LogP contribution in [0.1, 0.15) is 12.0 Å². The fourth-order valence-corrected chi connectivity index (χ4v) is 2.29. The van der Waals surface area contributed by atoms with Gasteiger partial charge in [-0.25, -0.2) is 0 Å². The molecule has 1 heterocycles. The zero-order chi connectivity index (χ0) is 15.4. The predicted octanol–water partition coefficient (Wildman–Crippen LogP) is 2.61. The first-order valence-electron chi connectivity index (χ1n) is 7.24. The van der Waals surface area contributed by atoms with Crippen molar-refractivity contribution in [3.63, 3.8) is 0 Å². The van der Waals surface area contributed by atoms with Crippen molar-refractivity contribution in [2.45, 2.75) is 12.8 Å². The minimum Gasteiger partial charge on any atom is -0.486 e. The van der Waals surface area contributed by atoms with E-state index in [1.165, 1.54) is 0 Å². The molecule has 3 rings (SSSR count). The topological polar surface area (TPSA) is 73.6 Å². The molecule has 0 atom stereocenters. The van der Waals surface area contributed by atoms with Crippen LogP contribution in [0.3, 0.4) is 0 Å². The van der Waals surface area contributed by atoms with Crippen molar-refractivity contribution in [2.24, 2.45) is 0 Å². The fraction of sp³-hybridized carbons (Fsp3) is 0.235. The van der Waals surface area contributed by atoms with Crippen LogP contribution >= 0.6 is 0 Å². The Labute approximate surface area is 129 Å². The van der Waals surface area contributed by atoms with Crippen LogP contribution in [0, 0.1) is 0 Å².